The van der Waals surface area contributed by atoms with Gasteiger partial charge < -0.3 is 9.47 Å². The normalized spacial score (nSPS) is 27.7. The predicted molar refractivity (Wildman–Crippen MR) is 35.4 cm³/mol. The van der Waals surface area contributed by atoms with Crippen molar-refractivity contribution in [2.45, 2.75) is 32.5 Å². The van der Waals surface area contributed by atoms with Gasteiger partial charge in [-0.05, 0) is 20.3 Å². The van der Waals surface area contributed by atoms with E-state index < -0.39 is 0 Å². The molecule has 0 radical (unpaired) electrons. The second kappa shape index (κ2) is 3.18. The lowest BCUT2D eigenvalue weighted by molar-refractivity contribution is 0.00285. The third-order valence-corrected chi connectivity index (χ3v) is 1.35. The van der Waals surface area contributed by atoms with E-state index in [0.29, 0.717) is 12.2 Å². The van der Waals surface area contributed by atoms with Crippen molar-refractivity contribution in [3.8, 4) is 0 Å². The van der Waals surface area contributed by atoms with Crippen LogP contribution in [0.25, 0.3) is 0 Å². The molecule has 2 nitrogen and oxygen atoms in total. The molecule has 1 aliphatic rings. The highest BCUT2D eigenvalue weighted by atomic mass is 16.5. The van der Waals surface area contributed by atoms with Crippen LogP contribution in [-0.4, -0.2) is 25.4 Å². The molecule has 0 aromatic rings. The Hall–Kier alpha value is -0.0800. The Kier molecular flexibility index (Phi) is 2.49. The summed E-state index contributed by atoms with van der Waals surface area (Å²) in [6, 6.07) is 0. The average molecular weight is 130 g/mol. The molecule has 1 unspecified atom stereocenters. The molecule has 1 heterocycles. The first kappa shape index (κ1) is 7.03. The highest BCUT2D eigenvalue weighted by Crippen LogP contribution is 2.09. The van der Waals surface area contributed by atoms with Crippen molar-refractivity contribution in [2.75, 3.05) is 13.2 Å². The molecular weight excluding hydrogens is 116 g/mol. The standard InChI is InChI=1S/C7H14O2/c1-6(2)9-7-3-4-8-5-7/h6-7H,3-5H2,1-2H3. The lowest BCUT2D eigenvalue weighted by Crippen LogP contribution is -2.17. The molecule has 0 bridgehead atoms. The Morgan fingerprint density at radius 1 is 1.56 bits per heavy atom. The minimum atomic E-state index is 0.344. The first-order chi connectivity index (χ1) is 4.29. The van der Waals surface area contributed by atoms with E-state index in [9.17, 15) is 0 Å². The van der Waals surface area contributed by atoms with Crippen molar-refractivity contribution in [1.29, 1.82) is 0 Å². The molecule has 1 saturated heterocycles. The molecule has 0 N–H and O–H groups in total. The van der Waals surface area contributed by atoms with Crippen LogP contribution in [0, 0.1) is 0 Å². The van der Waals surface area contributed by atoms with Crippen LogP contribution >= 0.6 is 0 Å². The summed E-state index contributed by atoms with van der Waals surface area (Å²) < 4.78 is 10.6. The topological polar surface area (TPSA) is 18.5 Å². The van der Waals surface area contributed by atoms with Gasteiger partial charge in [0.25, 0.3) is 0 Å². The summed E-state index contributed by atoms with van der Waals surface area (Å²) in [5.41, 5.74) is 0. The SMILES string of the molecule is CC(C)OC1CCOC1. The lowest BCUT2D eigenvalue weighted by atomic mass is 10.3. The van der Waals surface area contributed by atoms with Crippen LogP contribution in [0.2, 0.25) is 0 Å². The molecule has 1 rings (SSSR count). The summed E-state index contributed by atoms with van der Waals surface area (Å²) in [4.78, 5) is 0. The minimum absolute atomic E-state index is 0.344. The molecule has 0 aliphatic carbocycles. The molecular formula is C7H14O2. The first-order valence-electron chi connectivity index (χ1n) is 3.52. The molecule has 54 valence electrons. The largest absolute Gasteiger partial charge is 0.379 e. The van der Waals surface area contributed by atoms with Crippen LogP contribution < -0.4 is 0 Å². The second-order valence-corrected chi connectivity index (χ2v) is 2.67. The highest BCUT2D eigenvalue weighted by molar-refractivity contribution is 4.63. The highest BCUT2D eigenvalue weighted by Gasteiger charge is 2.16. The van der Waals surface area contributed by atoms with Crippen molar-refractivity contribution in [3.63, 3.8) is 0 Å². The summed E-state index contributed by atoms with van der Waals surface area (Å²) in [6.45, 7) is 5.77. The Balaban J connectivity index is 2.11. The maximum absolute atomic E-state index is 5.49. The van der Waals surface area contributed by atoms with E-state index in [1.165, 1.54) is 0 Å². The zero-order valence-electron chi connectivity index (χ0n) is 6.09. The van der Waals surface area contributed by atoms with Crippen LogP contribution in [0.4, 0.5) is 0 Å². The molecule has 1 fully saturated rings. The van der Waals surface area contributed by atoms with Gasteiger partial charge in [0.1, 0.15) is 0 Å². The van der Waals surface area contributed by atoms with Gasteiger partial charge in [-0.15, -0.1) is 0 Å². The Morgan fingerprint density at radius 3 is 2.78 bits per heavy atom. The summed E-state index contributed by atoms with van der Waals surface area (Å²) in [5.74, 6) is 0. The van der Waals surface area contributed by atoms with Gasteiger partial charge in [-0.1, -0.05) is 0 Å². The first-order valence-corrected chi connectivity index (χ1v) is 3.52. The maximum Gasteiger partial charge on any atom is 0.0833 e. The van der Waals surface area contributed by atoms with E-state index in [0.717, 1.165) is 19.6 Å². The molecule has 0 aromatic carbocycles. The Morgan fingerprint density at radius 2 is 2.33 bits per heavy atom. The van der Waals surface area contributed by atoms with Crippen molar-refractivity contribution in [2.24, 2.45) is 0 Å². The van der Waals surface area contributed by atoms with Gasteiger partial charge in [-0.25, -0.2) is 0 Å². The van der Waals surface area contributed by atoms with Gasteiger partial charge in [0.05, 0.1) is 18.8 Å². The summed E-state index contributed by atoms with van der Waals surface area (Å²) >= 11 is 0. The van der Waals surface area contributed by atoms with E-state index in [1.54, 1.807) is 0 Å². The van der Waals surface area contributed by atoms with Crippen LogP contribution in [0.1, 0.15) is 20.3 Å². The number of hydrogen-bond donors (Lipinski definition) is 0. The van der Waals surface area contributed by atoms with Gasteiger partial charge in [0, 0.05) is 6.61 Å². The van der Waals surface area contributed by atoms with Gasteiger partial charge in [-0.2, -0.15) is 0 Å². The average Bonchev–Trinajstić information content (AvgIpc) is 2.15. The van der Waals surface area contributed by atoms with Crippen molar-refractivity contribution in [1.82, 2.24) is 0 Å². The third kappa shape index (κ3) is 2.33. The van der Waals surface area contributed by atoms with E-state index >= 15 is 0 Å². The fraction of sp³-hybridized carbons (Fsp3) is 1.00. The number of hydrogen-bond acceptors (Lipinski definition) is 2. The number of ether oxygens (including phenoxy) is 2. The van der Waals surface area contributed by atoms with E-state index in [4.69, 9.17) is 9.47 Å². The molecule has 9 heavy (non-hydrogen) atoms. The smallest absolute Gasteiger partial charge is 0.0833 e. The molecule has 0 aromatic heterocycles. The van der Waals surface area contributed by atoms with Crippen molar-refractivity contribution in [3.05, 3.63) is 0 Å². The van der Waals surface area contributed by atoms with Crippen LogP contribution in [0.5, 0.6) is 0 Å². The van der Waals surface area contributed by atoms with Crippen LogP contribution in [0.3, 0.4) is 0 Å². The second-order valence-electron chi connectivity index (χ2n) is 2.67. The van der Waals surface area contributed by atoms with Gasteiger partial charge in [0.2, 0.25) is 0 Å². The van der Waals surface area contributed by atoms with Crippen LogP contribution in [-0.2, 0) is 9.47 Å². The quantitative estimate of drug-likeness (QED) is 0.559. The zero-order valence-corrected chi connectivity index (χ0v) is 6.09. The predicted octanol–water partition coefficient (Wildman–Crippen LogP) is 1.20. The summed E-state index contributed by atoms with van der Waals surface area (Å²) in [6.07, 6.45) is 1.78. The molecule has 0 spiro atoms. The van der Waals surface area contributed by atoms with Crippen molar-refractivity contribution >= 4 is 0 Å². The van der Waals surface area contributed by atoms with Crippen LogP contribution in [0.15, 0.2) is 0 Å². The van der Waals surface area contributed by atoms with Gasteiger partial charge in [-0.3, -0.25) is 0 Å². The third-order valence-electron chi connectivity index (χ3n) is 1.35. The zero-order chi connectivity index (χ0) is 6.69. The summed E-state index contributed by atoms with van der Waals surface area (Å²) in [5, 5.41) is 0. The van der Waals surface area contributed by atoms with Gasteiger partial charge >= 0.3 is 0 Å². The molecule has 2 heteroatoms. The Bertz CT molecular complexity index is 75.0. The molecule has 0 saturated carbocycles. The molecule has 0 amide bonds. The van der Waals surface area contributed by atoms with E-state index in [2.05, 4.69) is 13.8 Å². The Labute approximate surface area is 56.2 Å². The summed E-state index contributed by atoms with van der Waals surface area (Å²) in [7, 11) is 0. The fourth-order valence-electron chi connectivity index (χ4n) is 1.01. The monoisotopic (exact) mass is 130 g/mol. The number of rotatable bonds is 2. The van der Waals surface area contributed by atoms with E-state index in [-0.39, 0.29) is 0 Å². The molecule has 1 aliphatic heterocycles. The lowest BCUT2D eigenvalue weighted by Gasteiger charge is -2.12. The fourth-order valence-corrected chi connectivity index (χ4v) is 1.01. The molecule has 1 atom stereocenters. The van der Waals surface area contributed by atoms with Gasteiger partial charge in [0.15, 0.2) is 0 Å². The maximum atomic E-state index is 5.49. The van der Waals surface area contributed by atoms with Crippen molar-refractivity contribution < 1.29 is 9.47 Å². The minimum Gasteiger partial charge on any atom is -0.379 e. The van der Waals surface area contributed by atoms with E-state index in [1.807, 2.05) is 0 Å².